The van der Waals surface area contributed by atoms with Crippen LogP contribution >= 0.6 is 0 Å². The van der Waals surface area contributed by atoms with E-state index in [-0.39, 0.29) is 17.4 Å². The van der Waals surface area contributed by atoms with Gasteiger partial charge >= 0.3 is 5.97 Å². The highest BCUT2D eigenvalue weighted by molar-refractivity contribution is 5.88. The molecule has 0 aliphatic carbocycles. The van der Waals surface area contributed by atoms with Gasteiger partial charge in [0.15, 0.2) is 0 Å². The summed E-state index contributed by atoms with van der Waals surface area (Å²) in [6.07, 6.45) is 1.39. The molecule has 29 heavy (non-hydrogen) atoms. The summed E-state index contributed by atoms with van der Waals surface area (Å²) < 4.78 is 21.3. The largest absolute Gasteiger partial charge is 0.497 e. The molecule has 7 nitrogen and oxygen atoms in total. The SMILES string of the molecule is COc1cccc(C2C(C#N)=C(N)Oc3cc(OC(=O)c4ccco4)ccc32)c1. The minimum Gasteiger partial charge on any atom is -0.497 e. The molecule has 1 aliphatic heterocycles. The molecule has 1 aliphatic rings. The average Bonchev–Trinajstić information content (AvgIpc) is 3.28. The molecule has 1 atom stereocenters. The molecule has 144 valence electrons. The average molecular weight is 388 g/mol. The van der Waals surface area contributed by atoms with Crippen molar-refractivity contribution in [2.24, 2.45) is 5.73 Å². The van der Waals surface area contributed by atoms with E-state index in [4.69, 9.17) is 24.4 Å². The maximum atomic E-state index is 12.1. The summed E-state index contributed by atoms with van der Waals surface area (Å²) in [6, 6.07) is 17.6. The van der Waals surface area contributed by atoms with E-state index in [0.717, 1.165) is 11.1 Å². The fraction of sp³-hybridized carbons (Fsp3) is 0.0909. The Morgan fingerprint density at radius 2 is 2.00 bits per heavy atom. The molecule has 0 saturated heterocycles. The van der Waals surface area contributed by atoms with Crippen LogP contribution in [0, 0.1) is 11.3 Å². The van der Waals surface area contributed by atoms with Gasteiger partial charge in [0.25, 0.3) is 0 Å². The Hall–Kier alpha value is -4.18. The lowest BCUT2D eigenvalue weighted by Gasteiger charge is -2.26. The van der Waals surface area contributed by atoms with Crippen molar-refractivity contribution in [3.8, 4) is 23.3 Å². The zero-order chi connectivity index (χ0) is 20.4. The topological polar surface area (TPSA) is 108 Å². The maximum Gasteiger partial charge on any atom is 0.379 e. The highest BCUT2D eigenvalue weighted by atomic mass is 16.5. The summed E-state index contributed by atoms with van der Waals surface area (Å²) >= 11 is 0. The summed E-state index contributed by atoms with van der Waals surface area (Å²) in [6.45, 7) is 0. The fourth-order valence-electron chi connectivity index (χ4n) is 3.22. The molecule has 0 fully saturated rings. The Morgan fingerprint density at radius 3 is 2.72 bits per heavy atom. The van der Waals surface area contributed by atoms with Gasteiger partial charge in [0.1, 0.15) is 28.9 Å². The van der Waals surface area contributed by atoms with Crippen LogP contribution in [0.1, 0.15) is 27.6 Å². The second kappa shape index (κ2) is 7.44. The van der Waals surface area contributed by atoms with Crippen LogP contribution in [0.5, 0.6) is 17.2 Å². The normalized spacial score (nSPS) is 15.1. The van der Waals surface area contributed by atoms with Gasteiger partial charge in [0.05, 0.1) is 19.3 Å². The number of furan rings is 1. The Kier molecular flexibility index (Phi) is 4.67. The third kappa shape index (κ3) is 3.39. The molecule has 2 aromatic carbocycles. The number of ether oxygens (including phenoxy) is 3. The monoisotopic (exact) mass is 388 g/mol. The summed E-state index contributed by atoms with van der Waals surface area (Å²) in [5.74, 6) is 0.355. The molecular formula is C22H16N2O5. The van der Waals surface area contributed by atoms with Crippen LogP contribution in [-0.4, -0.2) is 13.1 Å². The number of nitriles is 1. The van der Waals surface area contributed by atoms with Gasteiger partial charge in [0.2, 0.25) is 11.6 Å². The minimum absolute atomic E-state index is 0.00216. The van der Waals surface area contributed by atoms with E-state index in [1.807, 2.05) is 24.3 Å². The smallest absolute Gasteiger partial charge is 0.379 e. The molecule has 0 saturated carbocycles. The van der Waals surface area contributed by atoms with Crippen LogP contribution in [0.25, 0.3) is 0 Å². The number of nitrogens with two attached hydrogens (primary N) is 1. The van der Waals surface area contributed by atoms with Gasteiger partial charge < -0.3 is 24.4 Å². The number of fused-ring (bicyclic) bond motifs is 1. The third-order valence-electron chi connectivity index (χ3n) is 4.55. The van der Waals surface area contributed by atoms with Gasteiger partial charge in [-0.25, -0.2) is 4.79 Å². The number of esters is 1. The van der Waals surface area contributed by atoms with Gasteiger partial charge in [-0.2, -0.15) is 5.26 Å². The summed E-state index contributed by atoms with van der Waals surface area (Å²) in [7, 11) is 1.58. The summed E-state index contributed by atoms with van der Waals surface area (Å²) in [4.78, 5) is 12.1. The van der Waals surface area contributed by atoms with E-state index in [2.05, 4.69) is 6.07 Å². The highest BCUT2D eigenvalue weighted by Gasteiger charge is 2.31. The number of methoxy groups -OCH3 is 1. The van der Waals surface area contributed by atoms with Gasteiger partial charge in [-0.1, -0.05) is 18.2 Å². The first kappa shape index (κ1) is 18.2. The first-order chi connectivity index (χ1) is 14.1. The molecule has 1 aromatic heterocycles. The standard InChI is InChI=1S/C22H16N2O5/c1-26-14-5-2-4-13(10-14)20-16-8-7-15(28-22(25)18-6-3-9-27-18)11-19(16)29-21(24)17(20)12-23/h2-11,20H,24H2,1H3. The molecule has 7 heteroatoms. The van der Waals surface area contributed by atoms with Gasteiger partial charge in [0, 0.05) is 11.6 Å². The summed E-state index contributed by atoms with van der Waals surface area (Å²) in [5, 5.41) is 9.65. The number of carbonyl (C=O) groups is 1. The number of carbonyl (C=O) groups excluding carboxylic acids is 1. The molecule has 0 radical (unpaired) electrons. The number of rotatable bonds is 4. The Bertz CT molecular complexity index is 1140. The molecule has 4 rings (SSSR count). The molecule has 1 unspecified atom stereocenters. The number of hydrogen-bond donors (Lipinski definition) is 1. The summed E-state index contributed by atoms with van der Waals surface area (Å²) in [5.41, 5.74) is 7.86. The van der Waals surface area contributed by atoms with E-state index in [1.165, 1.54) is 12.3 Å². The molecule has 2 heterocycles. The van der Waals surface area contributed by atoms with Crippen LogP contribution < -0.4 is 19.9 Å². The van der Waals surface area contributed by atoms with Crippen LogP contribution in [0.4, 0.5) is 0 Å². The van der Waals surface area contributed by atoms with E-state index in [9.17, 15) is 10.1 Å². The van der Waals surface area contributed by atoms with Crippen molar-refractivity contribution in [1.82, 2.24) is 0 Å². The minimum atomic E-state index is -0.628. The Labute approximate surface area is 166 Å². The fourth-order valence-corrected chi connectivity index (χ4v) is 3.22. The van der Waals surface area contributed by atoms with Gasteiger partial charge in [-0.05, 0) is 35.9 Å². The molecule has 3 aromatic rings. The van der Waals surface area contributed by atoms with Crippen LogP contribution in [0.3, 0.4) is 0 Å². The first-order valence-corrected chi connectivity index (χ1v) is 8.72. The predicted octanol–water partition coefficient (Wildman–Crippen LogP) is 3.73. The van der Waals surface area contributed by atoms with Crippen LogP contribution in [0.2, 0.25) is 0 Å². The maximum absolute atomic E-state index is 12.1. The van der Waals surface area contributed by atoms with Crippen LogP contribution in [0.15, 0.2) is 76.7 Å². The second-order valence-electron chi connectivity index (χ2n) is 6.27. The van der Waals surface area contributed by atoms with Crippen molar-refractivity contribution in [3.05, 3.63) is 89.2 Å². The number of benzene rings is 2. The molecule has 0 spiro atoms. The molecule has 2 N–H and O–H groups in total. The van der Waals surface area contributed by atoms with Crippen LogP contribution in [-0.2, 0) is 0 Å². The quantitative estimate of drug-likeness (QED) is 0.536. The Balaban J connectivity index is 1.73. The van der Waals surface area contributed by atoms with Crippen molar-refractivity contribution in [2.75, 3.05) is 7.11 Å². The number of hydrogen-bond acceptors (Lipinski definition) is 7. The van der Waals surface area contributed by atoms with Crippen molar-refractivity contribution < 1.29 is 23.4 Å². The third-order valence-corrected chi connectivity index (χ3v) is 4.55. The van der Waals surface area contributed by atoms with E-state index in [1.54, 1.807) is 31.4 Å². The van der Waals surface area contributed by atoms with Gasteiger partial charge in [-0.15, -0.1) is 0 Å². The van der Waals surface area contributed by atoms with Gasteiger partial charge in [-0.3, -0.25) is 0 Å². The lowest BCUT2D eigenvalue weighted by Crippen LogP contribution is -2.21. The van der Waals surface area contributed by atoms with E-state index in [0.29, 0.717) is 17.1 Å². The van der Waals surface area contributed by atoms with Crippen molar-refractivity contribution >= 4 is 5.97 Å². The molecule has 0 bridgehead atoms. The van der Waals surface area contributed by atoms with E-state index >= 15 is 0 Å². The zero-order valence-corrected chi connectivity index (χ0v) is 15.4. The lowest BCUT2D eigenvalue weighted by molar-refractivity contribution is 0.0701. The Morgan fingerprint density at radius 1 is 1.14 bits per heavy atom. The van der Waals surface area contributed by atoms with Crippen molar-refractivity contribution in [1.29, 1.82) is 5.26 Å². The molecular weight excluding hydrogens is 372 g/mol. The lowest BCUT2D eigenvalue weighted by atomic mass is 9.83. The van der Waals surface area contributed by atoms with Crippen molar-refractivity contribution in [3.63, 3.8) is 0 Å². The number of nitrogens with zero attached hydrogens (tertiary/aromatic N) is 1. The predicted molar refractivity (Wildman–Crippen MR) is 102 cm³/mol. The molecule has 0 amide bonds. The zero-order valence-electron chi connectivity index (χ0n) is 15.4. The number of allylic oxidation sites excluding steroid dienone is 1. The van der Waals surface area contributed by atoms with Crippen molar-refractivity contribution in [2.45, 2.75) is 5.92 Å². The highest BCUT2D eigenvalue weighted by Crippen LogP contribution is 2.44. The second-order valence-corrected chi connectivity index (χ2v) is 6.27. The van der Waals surface area contributed by atoms with E-state index < -0.39 is 11.9 Å². The first-order valence-electron chi connectivity index (χ1n) is 8.72.